The first-order valence-corrected chi connectivity index (χ1v) is 8.06. The van der Waals surface area contributed by atoms with Crippen LogP contribution in [-0.4, -0.2) is 22.8 Å². The van der Waals surface area contributed by atoms with Gasteiger partial charge >= 0.3 is 5.97 Å². The van der Waals surface area contributed by atoms with E-state index in [4.69, 9.17) is 25.5 Å². The van der Waals surface area contributed by atoms with Crippen LogP contribution in [0.5, 0.6) is 5.75 Å². The van der Waals surface area contributed by atoms with E-state index in [2.05, 4.69) is 10.2 Å². The maximum absolute atomic E-state index is 13.0. The summed E-state index contributed by atoms with van der Waals surface area (Å²) >= 11 is 5.84. The number of esters is 1. The van der Waals surface area contributed by atoms with Crippen LogP contribution in [0.15, 0.2) is 52.9 Å². The molecule has 0 aliphatic rings. The highest BCUT2D eigenvalue weighted by Crippen LogP contribution is 2.23. The highest BCUT2D eigenvalue weighted by molar-refractivity contribution is 6.30. The van der Waals surface area contributed by atoms with Crippen molar-refractivity contribution < 1.29 is 23.1 Å². The average Bonchev–Trinajstić information content (AvgIpc) is 3.11. The molecule has 2 aromatic carbocycles. The van der Waals surface area contributed by atoms with Crippen LogP contribution in [0.1, 0.15) is 18.9 Å². The summed E-state index contributed by atoms with van der Waals surface area (Å²) in [4.78, 5) is 11.9. The second-order valence-electron chi connectivity index (χ2n) is 5.33. The van der Waals surface area contributed by atoms with E-state index in [-0.39, 0.29) is 24.2 Å². The third kappa shape index (κ3) is 4.58. The van der Waals surface area contributed by atoms with Crippen molar-refractivity contribution in [2.24, 2.45) is 0 Å². The molecule has 0 unspecified atom stereocenters. The number of hydrogen-bond donors (Lipinski definition) is 0. The first kappa shape index (κ1) is 17.9. The van der Waals surface area contributed by atoms with Gasteiger partial charge in [0.2, 0.25) is 5.89 Å². The number of nitrogens with zero attached hydrogens (tertiary/aromatic N) is 2. The topological polar surface area (TPSA) is 74.5 Å². The number of ether oxygens (including phenoxy) is 2. The number of hydrogen-bond acceptors (Lipinski definition) is 6. The quantitative estimate of drug-likeness (QED) is 0.600. The fourth-order valence-electron chi connectivity index (χ4n) is 2.09. The molecule has 0 N–H and O–H groups in total. The fraction of sp³-hybridized carbons (Fsp3) is 0.167. The summed E-state index contributed by atoms with van der Waals surface area (Å²) in [5.74, 6) is -0.175. The molecule has 0 saturated heterocycles. The molecule has 0 fully saturated rings. The lowest BCUT2D eigenvalue weighted by Crippen LogP contribution is -2.17. The van der Waals surface area contributed by atoms with Gasteiger partial charge in [0, 0.05) is 10.6 Å². The molecule has 0 aliphatic heterocycles. The van der Waals surface area contributed by atoms with E-state index in [1.165, 1.54) is 24.3 Å². The summed E-state index contributed by atoms with van der Waals surface area (Å²) in [7, 11) is 0. The first-order chi connectivity index (χ1) is 12.5. The van der Waals surface area contributed by atoms with E-state index in [1.807, 2.05) is 0 Å². The van der Waals surface area contributed by atoms with Gasteiger partial charge in [0.25, 0.3) is 5.89 Å². The van der Waals surface area contributed by atoms with Crippen LogP contribution < -0.4 is 4.74 Å². The minimum absolute atomic E-state index is 0.125. The number of halogens is 2. The van der Waals surface area contributed by atoms with Gasteiger partial charge in [-0.25, -0.2) is 9.18 Å². The van der Waals surface area contributed by atoms with Crippen LogP contribution >= 0.6 is 11.6 Å². The van der Waals surface area contributed by atoms with Gasteiger partial charge < -0.3 is 13.9 Å². The number of carbonyl (C=O) groups excluding carboxylic acids is 1. The van der Waals surface area contributed by atoms with Crippen molar-refractivity contribution in [1.29, 1.82) is 0 Å². The Morgan fingerprint density at radius 3 is 2.73 bits per heavy atom. The molecule has 1 aromatic heterocycles. The molecule has 1 heterocycles. The standard InChI is InChI=1S/C18H14ClFN2O4/c1-11(25-16(23)10-24-15-4-2-3-13(19)9-15)17-21-22-18(26-17)12-5-7-14(20)8-6-12/h2-9,11H,10H2,1H3/t11-/m1/s1. The molecule has 0 saturated carbocycles. The van der Waals surface area contributed by atoms with Gasteiger partial charge in [-0.1, -0.05) is 17.7 Å². The maximum atomic E-state index is 13.0. The maximum Gasteiger partial charge on any atom is 0.344 e. The van der Waals surface area contributed by atoms with Gasteiger partial charge in [-0.05, 0) is 49.4 Å². The Labute approximate surface area is 153 Å². The third-order valence-electron chi connectivity index (χ3n) is 3.34. The summed E-state index contributed by atoms with van der Waals surface area (Å²) in [5, 5.41) is 8.23. The van der Waals surface area contributed by atoms with E-state index >= 15 is 0 Å². The summed E-state index contributed by atoms with van der Waals surface area (Å²) in [6.07, 6.45) is -0.757. The van der Waals surface area contributed by atoms with Gasteiger partial charge in [-0.3, -0.25) is 0 Å². The zero-order valence-corrected chi connectivity index (χ0v) is 14.4. The molecule has 3 aromatic rings. The zero-order valence-electron chi connectivity index (χ0n) is 13.7. The van der Waals surface area contributed by atoms with Gasteiger partial charge in [0.15, 0.2) is 12.7 Å². The van der Waals surface area contributed by atoms with Crippen molar-refractivity contribution in [3.8, 4) is 17.2 Å². The number of benzene rings is 2. The Hall–Kier alpha value is -2.93. The fourth-order valence-corrected chi connectivity index (χ4v) is 2.27. The highest BCUT2D eigenvalue weighted by Gasteiger charge is 2.19. The van der Waals surface area contributed by atoms with Gasteiger partial charge in [0.1, 0.15) is 11.6 Å². The van der Waals surface area contributed by atoms with Crippen molar-refractivity contribution in [2.45, 2.75) is 13.0 Å². The Kier molecular flexibility index (Phi) is 5.48. The monoisotopic (exact) mass is 376 g/mol. The van der Waals surface area contributed by atoms with Crippen molar-refractivity contribution in [2.75, 3.05) is 6.61 Å². The van der Waals surface area contributed by atoms with Gasteiger partial charge in [0.05, 0.1) is 0 Å². The molecule has 0 aliphatic carbocycles. The molecular formula is C18H14ClFN2O4. The Balaban J connectivity index is 1.56. The lowest BCUT2D eigenvalue weighted by Gasteiger charge is -2.10. The molecule has 1 atom stereocenters. The second kappa shape index (κ2) is 7.97. The summed E-state index contributed by atoms with van der Waals surface area (Å²) < 4.78 is 28.9. The molecule has 8 heteroatoms. The molecule has 0 bridgehead atoms. The molecule has 3 rings (SSSR count). The molecular weight excluding hydrogens is 363 g/mol. The predicted octanol–water partition coefficient (Wildman–Crippen LogP) is 4.21. The Morgan fingerprint density at radius 1 is 1.23 bits per heavy atom. The van der Waals surface area contributed by atoms with E-state index in [9.17, 15) is 9.18 Å². The van der Waals surface area contributed by atoms with Crippen molar-refractivity contribution >= 4 is 17.6 Å². The average molecular weight is 377 g/mol. The highest BCUT2D eigenvalue weighted by atomic mass is 35.5. The van der Waals surface area contributed by atoms with E-state index in [1.54, 1.807) is 31.2 Å². The zero-order chi connectivity index (χ0) is 18.5. The van der Waals surface area contributed by atoms with Crippen LogP contribution in [0.2, 0.25) is 5.02 Å². The van der Waals surface area contributed by atoms with Crippen LogP contribution in [0, 0.1) is 5.82 Å². The normalized spacial score (nSPS) is 11.8. The van der Waals surface area contributed by atoms with Crippen LogP contribution in [0.4, 0.5) is 4.39 Å². The van der Waals surface area contributed by atoms with Crippen LogP contribution in [0.3, 0.4) is 0 Å². The van der Waals surface area contributed by atoms with Gasteiger partial charge in [-0.2, -0.15) is 0 Å². The molecule has 0 radical (unpaired) electrons. The minimum Gasteiger partial charge on any atom is -0.482 e. The van der Waals surface area contributed by atoms with E-state index < -0.39 is 12.1 Å². The Bertz CT molecular complexity index is 898. The largest absolute Gasteiger partial charge is 0.482 e. The smallest absolute Gasteiger partial charge is 0.344 e. The lowest BCUT2D eigenvalue weighted by molar-refractivity contribution is -0.152. The summed E-state index contributed by atoms with van der Waals surface area (Å²) in [5.41, 5.74) is 0.563. The SMILES string of the molecule is C[C@@H](OC(=O)COc1cccc(Cl)c1)c1nnc(-c2ccc(F)cc2)o1. The summed E-state index contributed by atoms with van der Waals surface area (Å²) in [6, 6.07) is 12.3. The minimum atomic E-state index is -0.757. The van der Waals surface area contributed by atoms with Crippen LogP contribution in [0.25, 0.3) is 11.5 Å². The molecule has 0 spiro atoms. The van der Waals surface area contributed by atoms with E-state index in [0.717, 1.165) is 0 Å². The van der Waals surface area contributed by atoms with Crippen molar-refractivity contribution in [3.63, 3.8) is 0 Å². The summed E-state index contributed by atoms with van der Waals surface area (Å²) in [6.45, 7) is 1.31. The number of rotatable bonds is 6. The predicted molar refractivity (Wildman–Crippen MR) is 91.1 cm³/mol. The van der Waals surface area contributed by atoms with Crippen molar-refractivity contribution in [3.05, 3.63) is 65.3 Å². The number of carbonyl (C=O) groups is 1. The molecule has 26 heavy (non-hydrogen) atoms. The Morgan fingerprint density at radius 2 is 2.00 bits per heavy atom. The second-order valence-corrected chi connectivity index (χ2v) is 5.77. The van der Waals surface area contributed by atoms with E-state index in [0.29, 0.717) is 16.3 Å². The first-order valence-electron chi connectivity index (χ1n) is 7.68. The number of aromatic nitrogens is 2. The third-order valence-corrected chi connectivity index (χ3v) is 3.58. The molecule has 134 valence electrons. The lowest BCUT2D eigenvalue weighted by atomic mass is 10.2. The molecule has 6 nitrogen and oxygen atoms in total. The van der Waals surface area contributed by atoms with Crippen molar-refractivity contribution in [1.82, 2.24) is 10.2 Å². The molecule has 0 amide bonds. The van der Waals surface area contributed by atoms with Gasteiger partial charge in [-0.15, -0.1) is 10.2 Å². The van der Waals surface area contributed by atoms with Crippen LogP contribution in [-0.2, 0) is 9.53 Å².